The van der Waals surface area contributed by atoms with E-state index in [1.165, 1.54) is 5.56 Å². The fourth-order valence-corrected chi connectivity index (χ4v) is 3.25. The number of anilines is 1. The highest BCUT2D eigenvalue weighted by atomic mass is 19.1. The van der Waals surface area contributed by atoms with Crippen LogP contribution in [0.5, 0.6) is 5.75 Å². The molecule has 0 saturated heterocycles. The highest BCUT2D eigenvalue weighted by Gasteiger charge is 2.19. The number of hydrogen-bond acceptors (Lipinski definition) is 3. The Morgan fingerprint density at radius 1 is 1.06 bits per heavy atom. The zero-order valence-electron chi connectivity index (χ0n) is 19.2. The second-order valence-corrected chi connectivity index (χ2v) is 8.09. The maximum Gasteiger partial charge on any atom is 0.319 e. The first kappa shape index (κ1) is 24.7. The van der Waals surface area contributed by atoms with Gasteiger partial charge in [0.1, 0.15) is 11.4 Å². The van der Waals surface area contributed by atoms with Gasteiger partial charge in [0, 0.05) is 18.8 Å². The van der Waals surface area contributed by atoms with Gasteiger partial charge in [0.15, 0.2) is 0 Å². The van der Waals surface area contributed by atoms with Crippen LogP contribution in [0.15, 0.2) is 48.5 Å². The van der Waals surface area contributed by atoms with E-state index in [0.29, 0.717) is 19.4 Å². The van der Waals surface area contributed by atoms with Gasteiger partial charge in [0.2, 0.25) is 0 Å². The molecule has 0 bridgehead atoms. The van der Waals surface area contributed by atoms with E-state index in [9.17, 15) is 9.18 Å². The number of rotatable bonds is 12. The normalized spacial score (nSPS) is 13.0. The highest BCUT2D eigenvalue weighted by molar-refractivity contribution is 5.89. The summed E-state index contributed by atoms with van der Waals surface area (Å²) in [6.07, 6.45) is 2.00. The molecule has 5 nitrogen and oxygen atoms in total. The van der Waals surface area contributed by atoms with Gasteiger partial charge in [0.25, 0.3) is 0 Å². The Labute approximate surface area is 186 Å². The van der Waals surface area contributed by atoms with Gasteiger partial charge in [-0.25, -0.2) is 9.18 Å². The molecule has 0 radical (unpaired) electrons. The maximum absolute atomic E-state index is 14.1. The van der Waals surface area contributed by atoms with Crippen LogP contribution in [0.3, 0.4) is 0 Å². The van der Waals surface area contributed by atoms with Crippen molar-refractivity contribution < 1.29 is 13.9 Å². The average Bonchev–Trinajstić information content (AvgIpc) is 2.78. The van der Waals surface area contributed by atoms with Crippen molar-refractivity contribution in [2.75, 3.05) is 25.5 Å². The fourth-order valence-electron chi connectivity index (χ4n) is 3.25. The monoisotopic (exact) mass is 429 g/mol. The lowest BCUT2D eigenvalue weighted by molar-refractivity contribution is 0.153. The zero-order valence-corrected chi connectivity index (χ0v) is 19.2. The van der Waals surface area contributed by atoms with Crippen LogP contribution in [0.1, 0.15) is 51.2 Å². The minimum Gasteiger partial charge on any atom is -0.497 e. The number of urea groups is 1. The Kier molecular flexibility index (Phi) is 9.79. The smallest absolute Gasteiger partial charge is 0.319 e. The maximum atomic E-state index is 14.1. The highest BCUT2D eigenvalue weighted by Crippen LogP contribution is 2.22. The molecule has 0 aromatic heterocycles. The molecule has 2 aromatic rings. The first-order valence-electron chi connectivity index (χ1n) is 11.0. The number of amides is 2. The lowest BCUT2D eigenvalue weighted by Gasteiger charge is -2.23. The van der Waals surface area contributed by atoms with E-state index in [-0.39, 0.29) is 6.03 Å². The third kappa shape index (κ3) is 8.97. The number of alkyl halides is 1. The largest absolute Gasteiger partial charge is 0.497 e. The predicted molar refractivity (Wildman–Crippen MR) is 125 cm³/mol. The Morgan fingerprint density at radius 3 is 2.29 bits per heavy atom. The number of benzene rings is 2. The molecular weight excluding hydrogens is 393 g/mol. The average molecular weight is 430 g/mol. The first-order valence-corrected chi connectivity index (χ1v) is 11.0. The van der Waals surface area contributed by atoms with E-state index in [4.69, 9.17) is 4.74 Å². The minimum absolute atomic E-state index is 0.246. The van der Waals surface area contributed by atoms with Crippen molar-refractivity contribution in [3.63, 3.8) is 0 Å². The lowest BCUT2D eigenvalue weighted by Crippen LogP contribution is -2.28. The summed E-state index contributed by atoms with van der Waals surface area (Å²) in [6.45, 7) is 8.75. The van der Waals surface area contributed by atoms with Crippen molar-refractivity contribution in [3.8, 4) is 5.75 Å². The molecule has 0 aliphatic carbocycles. The fraction of sp³-hybridized carbons (Fsp3) is 0.480. The summed E-state index contributed by atoms with van der Waals surface area (Å²) >= 11 is 0. The van der Waals surface area contributed by atoms with Crippen molar-refractivity contribution in [2.45, 2.75) is 58.8 Å². The van der Waals surface area contributed by atoms with Crippen LogP contribution in [0.4, 0.5) is 14.9 Å². The second kappa shape index (κ2) is 12.3. The van der Waals surface area contributed by atoms with Crippen LogP contribution >= 0.6 is 0 Å². The van der Waals surface area contributed by atoms with Gasteiger partial charge in [-0.1, -0.05) is 38.1 Å². The van der Waals surface area contributed by atoms with Gasteiger partial charge >= 0.3 is 6.03 Å². The molecule has 6 heteroatoms. The molecule has 0 saturated carbocycles. The van der Waals surface area contributed by atoms with Crippen molar-refractivity contribution >= 4 is 11.7 Å². The molecule has 0 aliphatic rings. The van der Waals surface area contributed by atoms with Crippen LogP contribution in [-0.2, 0) is 13.1 Å². The van der Waals surface area contributed by atoms with Gasteiger partial charge < -0.3 is 15.4 Å². The topological polar surface area (TPSA) is 53.6 Å². The summed E-state index contributed by atoms with van der Waals surface area (Å²) in [7, 11) is 1.63. The Balaban J connectivity index is 1.77. The molecule has 0 spiro atoms. The SMILES string of the molecule is CCN(CCCC(C)(F)CC)Cc1ccc(NC(=O)NCc2ccc(OC)cc2)cc1. The van der Waals surface area contributed by atoms with Gasteiger partial charge in [-0.2, -0.15) is 0 Å². The summed E-state index contributed by atoms with van der Waals surface area (Å²) in [5.41, 5.74) is 1.85. The van der Waals surface area contributed by atoms with Crippen LogP contribution in [0.25, 0.3) is 0 Å². The van der Waals surface area contributed by atoms with Gasteiger partial charge in [0.05, 0.1) is 7.11 Å². The quantitative estimate of drug-likeness (QED) is 0.451. The van der Waals surface area contributed by atoms with E-state index >= 15 is 0 Å². The summed E-state index contributed by atoms with van der Waals surface area (Å²) in [5.74, 6) is 0.789. The Hall–Kier alpha value is -2.60. The van der Waals surface area contributed by atoms with Crippen molar-refractivity contribution in [2.24, 2.45) is 0 Å². The number of nitrogens with zero attached hydrogens (tertiary/aromatic N) is 1. The summed E-state index contributed by atoms with van der Waals surface area (Å²) < 4.78 is 19.2. The number of hydrogen-bond donors (Lipinski definition) is 2. The number of methoxy groups -OCH3 is 1. The van der Waals surface area contributed by atoms with Crippen LogP contribution in [-0.4, -0.2) is 36.8 Å². The van der Waals surface area contributed by atoms with E-state index < -0.39 is 5.67 Å². The van der Waals surface area contributed by atoms with E-state index in [1.807, 2.05) is 55.5 Å². The molecule has 2 amide bonds. The second-order valence-electron chi connectivity index (χ2n) is 8.09. The van der Waals surface area contributed by atoms with Crippen LogP contribution in [0.2, 0.25) is 0 Å². The molecule has 1 unspecified atom stereocenters. The molecule has 2 N–H and O–H groups in total. The standard InChI is InChI=1S/C25H36FN3O2/c1-5-25(3,26)16-7-17-29(6-2)19-21-8-12-22(13-9-21)28-24(30)27-18-20-10-14-23(31-4)15-11-20/h8-15H,5-7,16-19H2,1-4H3,(H2,27,28,30). The van der Waals surface area contributed by atoms with Gasteiger partial charge in [-0.15, -0.1) is 0 Å². The number of nitrogens with one attached hydrogen (secondary N) is 2. The number of carbonyl (C=O) groups excluding carboxylic acids is 1. The molecule has 2 rings (SSSR count). The van der Waals surface area contributed by atoms with Crippen molar-refractivity contribution in [1.82, 2.24) is 10.2 Å². The summed E-state index contributed by atoms with van der Waals surface area (Å²) in [4.78, 5) is 14.5. The molecule has 0 aliphatic heterocycles. The van der Waals surface area contributed by atoms with Crippen molar-refractivity contribution in [3.05, 3.63) is 59.7 Å². The molecule has 2 aromatic carbocycles. The lowest BCUT2D eigenvalue weighted by atomic mass is 9.99. The number of ether oxygens (including phenoxy) is 1. The summed E-state index contributed by atoms with van der Waals surface area (Å²) in [6, 6.07) is 15.2. The first-order chi connectivity index (χ1) is 14.8. The molecule has 31 heavy (non-hydrogen) atoms. The number of carbonyl (C=O) groups is 1. The van der Waals surface area contributed by atoms with E-state index in [1.54, 1.807) is 14.0 Å². The Morgan fingerprint density at radius 2 is 1.71 bits per heavy atom. The molecule has 0 fully saturated rings. The predicted octanol–water partition coefficient (Wildman–Crippen LogP) is 5.76. The molecular formula is C25H36FN3O2. The van der Waals surface area contributed by atoms with Crippen LogP contribution < -0.4 is 15.4 Å². The molecule has 0 heterocycles. The molecule has 170 valence electrons. The van der Waals surface area contributed by atoms with Gasteiger partial charge in [-0.05, 0) is 74.7 Å². The Bertz CT molecular complexity index is 791. The minimum atomic E-state index is -1.07. The third-order valence-corrected chi connectivity index (χ3v) is 5.59. The van der Waals surface area contributed by atoms with E-state index in [2.05, 4.69) is 22.5 Å². The number of halogens is 1. The van der Waals surface area contributed by atoms with E-state index in [0.717, 1.165) is 43.1 Å². The summed E-state index contributed by atoms with van der Waals surface area (Å²) in [5, 5.41) is 5.71. The van der Waals surface area contributed by atoms with Crippen LogP contribution in [0, 0.1) is 0 Å². The molecule has 1 atom stereocenters. The van der Waals surface area contributed by atoms with Crippen molar-refractivity contribution in [1.29, 1.82) is 0 Å². The zero-order chi connectivity index (χ0) is 22.7. The third-order valence-electron chi connectivity index (χ3n) is 5.59. The van der Waals surface area contributed by atoms with Gasteiger partial charge in [-0.3, -0.25) is 4.90 Å².